The molecule has 0 atom stereocenters. The Hall–Kier alpha value is -8.28. The maximum Gasteiger partial charge on any atom is 0.418 e. The normalized spacial score (nSPS) is 15.3. The van der Waals surface area contributed by atoms with Crippen LogP contribution >= 0.6 is 0 Å². The van der Waals surface area contributed by atoms with E-state index >= 15 is 13.2 Å². The molecule has 384 valence electrons. The summed E-state index contributed by atoms with van der Waals surface area (Å²) in [5, 5.41) is 1.12. The highest BCUT2D eigenvalue weighted by atomic mass is 19.4. The van der Waals surface area contributed by atoms with E-state index in [1.165, 1.54) is 63.7 Å². The Bertz CT molecular complexity index is 4080. The van der Waals surface area contributed by atoms with E-state index in [2.05, 4.69) is 0 Å². The first-order chi connectivity index (χ1) is 35.9. The maximum absolute atomic E-state index is 16.3. The van der Waals surface area contributed by atoms with Gasteiger partial charge in [-0.3, -0.25) is 0 Å². The summed E-state index contributed by atoms with van der Waals surface area (Å²) in [6.07, 6.45) is -21.2. The molecule has 2 aliphatic carbocycles. The quantitative estimate of drug-likeness (QED) is 0.158. The first kappa shape index (κ1) is 49.9. The third-order valence-corrected chi connectivity index (χ3v) is 13.6. The van der Waals surface area contributed by atoms with Crippen molar-refractivity contribution >= 4 is 44.4 Å². The number of benzene rings is 6. The number of hydrogen-bond donors (Lipinski definition) is 0. The van der Waals surface area contributed by atoms with Gasteiger partial charge in [0.05, 0.1) is 72.5 Å². The molecule has 18 heteroatoms. The molecule has 0 fully saturated rings. The second-order valence-electron chi connectivity index (χ2n) is 18.1. The van der Waals surface area contributed by atoms with E-state index in [0.29, 0.717) is 51.2 Å². The highest BCUT2D eigenvalue weighted by Crippen LogP contribution is 2.47. The van der Waals surface area contributed by atoms with E-state index in [9.17, 15) is 52.7 Å². The average molecular weight is 1060 g/mol. The van der Waals surface area contributed by atoms with Crippen molar-refractivity contribution in [3.8, 4) is 45.0 Å². The van der Waals surface area contributed by atoms with Gasteiger partial charge in [-0.2, -0.15) is 65.9 Å². The van der Waals surface area contributed by atoms with Crippen molar-refractivity contribution in [3.63, 3.8) is 0 Å². The first-order valence-electron chi connectivity index (χ1n) is 23.1. The van der Waals surface area contributed by atoms with Gasteiger partial charge in [-0.15, -0.1) is 0 Å². The number of allylic oxidation sites excluding steroid dienone is 6. The molecule has 11 rings (SSSR count). The Morgan fingerprint density at radius 3 is 1.84 bits per heavy atom. The topological polar surface area (TPSA) is 22.8 Å². The smallest absolute Gasteiger partial charge is 0.309 e. The molecule has 0 saturated heterocycles. The van der Waals surface area contributed by atoms with Gasteiger partial charge in [0.25, 0.3) is 0 Å². The summed E-state index contributed by atoms with van der Waals surface area (Å²) >= 11 is 0. The molecule has 2 aliphatic rings. The highest BCUT2D eigenvalue weighted by Gasteiger charge is 2.43. The number of rotatable bonds is 5. The fraction of sp³-hybridized carbons (Fsp3) is 0.121. The maximum atomic E-state index is 16.3. The lowest BCUT2D eigenvalue weighted by Crippen LogP contribution is -2.24. The summed E-state index contributed by atoms with van der Waals surface area (Å²) in [5.41, 5.74) is -7.77. The molecule has 0 N–H and O–H groups in total. The van der Waals surface area contributed by atoms with Crippen molar-refractivity contribution in [2.45, 2.75) is 43.7 Å². The third kappa shape index (κ3) is 8.72. The minimum absolute atomic E-state index is 0.00446. The lowest BCUT2D eigenvalue weighted by Gasteiger charge is -2.22. The average Bonchev–Trinajstić information content (AvgIpc) is 4.00. The van der Waals surface area contributed by atoms with Crippen molar-refractivity contribution in [1.29, 1.82) is 0 Å². The van der Waals surface area contributed by atoms with Gasteiger partial charge in [0.15, 0.2) is 0 Å². The van der Waals surface area contributed by atoms with E-state index in [1.54, 1.807) is 78.9 Å². The molecule has 0 unspecified atom stereocenters. The van der Waals surface area contributed by atoms with Crippen LogP contribution in [-0.4, -0.2) is 26.5 Å². The zero-order chi connectivity index (χ0) is 53.9. The van der Waals surface area contributed by atoms with Crippen LogP contribution < -0.4 is 10.6 Å². The van der Waals surface area contributed by atoms with Crippen LogP contribution in [0.3, 0.4) is 0 Å². The zero-order valence-electron chi connectivity index (χ0n) is 38.6. The number of hydrogen-bond acceptors (Lipinski definition) is 1. The second kappa shape index (κ2) is 17.7. The summed E-state index contributed by atoms with van der Waals surface area (Å²) in [5.74, 6) is 0. The van der Waals surface area contributed by atoms with Crippen LogP contribution in [0.4, 0.5) is 65.9 Å². The summed E-state index contributed by atoms with van der Waals surface area (Å²) in [4.78, 5) is 4.93. The van der Waals surface area contributed by atoms with Gasteiger partial charge in [0, 0.05) is 27.3 Å². The molecule has 3 aromatic heterocycles. The van der Waals surface area contributed by atoms with Crippen LogP contribution in [0.1, 0.15) is 28.7 Å². The fourth-order valence-corrected chi connectivity index (χ4v) is 10.2. The predicted molar refractivity (Wildman–Crippen MR) is 260 cm³/mol. The number of para-hydroxylation sites is 1. The van der Waals surface area contributed by atoms with Crippen LogP contribution in [-0.2, 0) is 24.9 Å². The van der Waals surface area contributed by atoms with Crippen LogP contribution in [0.5, 0.6) is 0 Å². The number of fused-ring (bicyclic) bond motifs is 6. The van der Waals surface area contributed by atoms with Gasteiger partial charge in [0.2, 0.25) is 0 Å². The van der Waals surface area contributed by atoms with Crippen molar-refractivity contribution in [1.82, 2.24) is 14.1 Å². The summed E-state index contributed by atoms with van der Waals surface area (Å²) < 4.78 is 222. The molecule has 0 aliphatic heterocycles. The van der Waals surface area contributed by atoms with E-state index in [0.717, 1.165) is 6.07 Å². The molecule has 3 heterocycles. The monoisotopic (exact) mass is 1060 g/mol. The van der Waals surface area contributed by atoms with Gasteiger partial charge in [0.1, 0.15) is 0 Å². The number of nitrogens with zero attached hydrogens (tertiary/aromatic N) is 3. The Balaban J connectivity index is 1.25. The molecule has 0 spiro atoms. The molecule has 9 aromatic rings. The Morgan fingerprint density at radius 1 is 0.447 bits per heavy atom. The van der Waals surface area contributed by atoms with Crippen LogP contribution in [0.2, 0.25) is 0 Å². The van der Waals surface area contributed by atoms with E-state index in [-0.39, 0.29) is 68.2 Å². The summed E-state index contributed by atoms with van der Waals surface area (Å²) in [6, 6.07) is 31.1. The van der Waals surface area contributed by atoms with Crippen LogP contribution in [0.15, 0.2) is 175 Å². The standard InChI is InChI=1S/C58H32F15N3/c59-54(60,61)34-19-23-36(43(27-34)56(65,66)67)32-17-21-40-38-11-4-6-15-48(38)75(50(40)25-32)52-30-45(58(71,72)73)53(29-42(52)47-14-8-13-46(74-47)31-9-2-1-3-10-31)76-49-16-7-5-12-39(49)41-22-18-33(26-51(41)76)37-24-20-35(55(62,63)64)28-44(37)57(68,69)70/h1-11,13-23,25-30H,12,24H2. The molecular weight excluding hydrogens is 1020 g/mol. The van der Waals surface area contributed by atoms with Crippen LogP contribution in [0, 0.1) is 0 Å². The molecule has 0 bridgehead atoms. The van der Waals surface area contributed by atoms with E-state index in [1.807, 2.05) is 0 Å². The molecule has 0 saturated carbocycles. The number of halogens is 15. The summed E-state index contributed by atoms with van der Waals surface area (Å²) in [7, 11) is 0. The van der Waals surface area contributed by atoms with Gasteiger partial charge < -0.3 is 9.13 Å². The fourth-order valence-electron chi connectivity index (χ4n) is 10.2. The molecule has 0 radical (unpaired) electrons. The largest absolute Gasteiger partial charge is 0.418 e. The van der Waals surface area contributed by atoms with Crippen molar-refractivity contribution < 1.29 is 65.9 Å². The molecule has 6 aromatic carbocycles. The zero-order valence-corrected chi connectivity index (χ0v) is 38.6. The van der Waals surface area contributed by atoms with E-state index < -0.39 is 82.0 Å². The molecule has 76 heavy (non-hydrogen) atoms. The summed E-state index contributed by atoms with van der Waals surface area (Å²) in [6.45, 7) is 0. The van der Waals surface area contributed by atoms with E-state index in [4.69, 9.17) is 4.98 Å². The molecular formula is C58H32F15N3. The minimum atomic E-state index is -5.28. The lowest BCUT2D eigenvalue weighted by atomic mass is 9.91. The Morgan fingerprint density at radius 2 is 1.13 bits per heavy atom. The number of aromatic nitrogens is 3. The highest BCUT2D eigenvalue weighted by molar-refractivity contribution is 6.11. The SMILES string of the molecule is FC(F)(F)C1=CCC(=c2ccc3c4c(n(-c5cc(-c6cccc(-c7ccccc7)n6)c(-n6c7ccccc7c7ccc(-c8ccc(C(F)(F)F)cc8C(F)(F)F)cc76)cc5C(F)(F)F)c3c2)=CC=CC4)C(C(F)(F)F)=C1. The van der Waals surface area contributed by atoms with Crippen LogP contribution in [0.25, 0.3) is 89.4 Å². The first-order valence-corrected chi connectivity index (χ1v) is 23.1. The Labute approximate surface area is 419 Å². The molecule has 0 amide bonds. The van der Waals surface area contributed by atoms with Crippen molar-refractivity contribution in [3.05, 3.63) is 208 Å². The van der Waals surface area contributed by atoms with Crippen molar-refractivity contribution in [2.75, 3.05) is 0 Å². The predicted octanol–water partition coefficient (Wildman–Crippen LogP) is 16.6. The van der Waals surface area contributed by atoms with Gasteiger partial charge in [-0.05, 0) is 107 Å². The lowest BCUT2D eigenvalue weighted by molar-refractivity contribution is -0.143. The van der Waals surface area contributed by atoms with Gasteiger partial charge in [-0.25, -0.2) is 4.98 Å². The third-order valence-electron chi connectivity index (χ3n) is 13.6. The number of pyridine rings is 1. The van der Waals surface area contributed by atoms with Gasteiger partial charge >= 0.3 is 30.9 Å². The van der Waals surface area contributed by atoms with Crippen molar-refractivity contribution in [2.24, 2.45) is 0 Å². The second-order valence-corrected chi connectivity index (χ2v) is 18.1. The van der Waals surface area contributed by atoms with Gasteiger partial charge in [-0.1, -0.05) is 103 Å². The molecule has 3 nitrogen and oxygen atoms in total. The minimum Gasteiger partial charge on any atom is -0.309 e. The number of alkyl halides is 15. The Kier molecular flexibility index (Phi) is 11.6.